The lowest BCUT2D eigenvalue weighted by molar-refractivity contribution is -0.545. The van der Waals surface area contributed by atoms with Crippen molar-refractivity contribution in [1.82, 2.24) is 4.57 Å². The number of aromatic nitrogens is 1. The van der Waals surface area contributed by atoms with Crippen LogP contribution >= 0.6 is 0 Å². The van der Waals surface area contributed by atoms with Gasteiger partial charge in [-0.15, -0.1) is 0 Å². The summed E-state index contributed by atoms with van der Waals surface area (Å²) in [5, 5.41) is 0. The van der Waals surface area contributed by atoms with E-state index in [0.717, 1.165) is 36.3 Å². The van der Waals surface area contributed by atoms with Gasteiger partial charge < -0.3 is 4.57 Å². The van der Waals surface area contributed by atoms with Gasteiger partial charge in [-0.05, 0) is 11.1 Å². The van der Waals surface area contributed by atoms with Crippen molar-refractivity contribution in [2.75, 3.05) is 6.54 Å². The van der Waals surface area contributed by atoms with Gasteiger partial charge in [-0.25, -0.2) is 4.58 Å². The summed E-state index contributed by atoms with van der Waals surface area (Å²) in [4.78, 5) is 18.0. The van der Waals surface area contributed by atoms with E-state index >= 15 is 0 Å². The Balaban J connectivity index is 1.56. The Hall–Kier alpha value is -3.27. The van der Waals surface area contributed by atoms with E-state index in [1.165, 1.54) is 16.8 Å². The topological polar surface area (TPSA) is 37.4 Å². The Morgan fingerprint density at radius 2 is 1.69 bits per heavy atom. The van der Waals surface area contributed by atoms with Crippen LogP contribution in [-0.4, -0.2) is 32.9 Å². The molecule has 4 nitrogen and oxygen atoms in total. The molecule has 0 fully saturated rings. The van der Waals surface area contributed by atoms with Crippen LogP contribution in [0, 0.1) is 0 Å². The maximum Gasteiger partial charge on any atom is 0.224 e. The van der Waals surface area contributed by atoms with Crippen LogP contribution in [0.15, 0.2) is 71.9 Å². The van der Waals surface area contributed by atoms with Crippen LogP contribution in [0.3, 0.4) is 0 Å². The quantitative estimate of drug-likeness (QED) is 0.632. The largest absolute Gasteiger partial charge is 0.347 e. The molecule has 1 aromatic heterocycles. The second-order valence-electron chi connectivity index (χ2n) is 7.85. The second-order valence-corrected chi connectivity index (χ2v) is 7.85. The Kier molecular flexibility index (Phi) is 4.47. The van der Waals surface area contributed by atoms with Crippen molar-refractivity contribution in [1.29, 1.82) is 0 Å². The first-order valence-corrected chi connectivity index (χ1v) is 10.2. The number of hydrogen-bond donors (Lipinski definition) is 0. The molecule has 2 aliphatic rings. The summed E-state index contributed by atoms with van der Waals surface area (Å²) in [5.41, 5.74) is 7.57. The number of aryl methyl sites for hydroxylation is 1. The number of rotatable bonds is 4. The molecule has 0 amide bonds. The monoisotopic (exact) mass is 382 g/mol. The molecule has 144 valence electrons. The average molecular weight is 382 g/mol. The fourth-order valence-electron chi connectivity index (χ4n) is 4.48. The van der Waals surface area contributed by atoms with E-state index in [4.69, 9.17) is 4.99 Å². The molecule has 0 atom stereocenters. The van der Waals surface area contributed by atoms with Crippen LogP contribution in [0.2, 0.25) is 0 Å². The van der Waals surface area contributed by atoms with Gasteiger partial charge >= 0.3 is 0 Å². The predicted octanol–water partition coefficient (Wildman–Crippen LogP) is 3.81. The van der Waals surface area contributed by atoms with Crippen LogP contribution in [0.25, 0.3) is 0 Å². The Morgan fingerprint density at radius 3 is 2.41 bits per heavy atom. The maximum absolute atomic E-state index is 13.2. The molecule has 0 saturated heterocycles. The molecule has 0 unspecified atom stereocenters. The highest BCUT2D eigenvalue weighted by molar-refractivity contribution is 6.52. The molecule has 0 spiro atoms. The highest BCUT2D eigenvalue weighted by Gasteiger charge is 2.40. The fourth-order valence-corrected chi connectivity index (χ4v) is 4.48. The minimum absolute atomic E-state index is 0.0787. The van der Waals surface area contributed by atoms with E-state index in [1.54, 1.807) is 0 Å². The Bertz CT molecular complexity index is 1140. The van der Waals surface area contributed by atoms with Gasteiger partial charge in [-0.2, -0.15) is 0 Å². The van der Waals surface area contributed by atoms with Crippen molar-refractivity contribution in [2.45, 2.75) is 25.9 Å². The average Bonchev–Trinajstić information content (AvgIpc) is 3.09. The van der Waals surface area contributed by atoms with E-state index in [0.29, 0.717) is 18.7 Å². The smallest absolute Gasteiger partial charge is 0.224 e. The van der Waals surface area contributed by atoms with Crippen LogP contribution in [0.5, 0.6) is 0 Å². The normalized spacial score (nSPS) is 17.0. The Morgan fingerprint density at radius 1 is 1.00 bits per heavy atom. The van der Waals surface area contributed by atoms with Gasteiger partial charge in [0.25, 0.3) is 0 Å². The molecule has 1 aliphatic carbocycles. The molecular formula is C25H24N3O+. The van der Waals surface area contributed by atoms with Gasteiger partial charge in [0, 0.05) is 25.2 Å². The maximum atomic E-state index is 13.2. The van der Waals surface area contributed by atoms with Crippen LogP contribution in [0.1, 0.15) is 39.2 Å². The SMILES string of the molecule is Cn1cc2c3c1C(=O)C(=NCc1ccccc1)CC3=[N+](Cc1ccccc1)CC2. The minimum atomic E-state index is 0.0787. The first-order valence-electron chi connectivity index (χ1n) is 10.2. The molecule has 5 rings (SSSR count). The summed E-state index contributed by atoms with van der Waals surface area (Å²) in [5.74, 6) is 0.0787. The summed E-state index contributed by atoms with van der Waals surface area (Å²) < 4.78 is 4.43. The van der Waals surface area contributed by atoms with E-state index in [-0.39, 0.29) is 5.78 Å². The van der Waals surface area contributed by atoms with Crippen molar-refractivity contribution in [3.63, 3.8) is 0 Å². The third kappa shape index (κ3) is 3.25. The zero-order valence-electron chi connectivity index (χ0n) is 16.6. The molecule has 0 radical (unpaired) electrons. The zero-order valence-corrected chi connectivity index (χ0v) is 16.6. The van der Waals surface area contributed by atoms with E-state index in [1.807, 2.05) is 35.9 Å². The Labute approximate surface area is 170 Å². The first kappa shape index (κ1) is 17.8. The summed E-state index contributed by atoms with van der Waals surface area (Å²) >= 11 is 0. The number of Topliss-reactive ketones (excluding diaryl/α,β-unsaturated/α-hetero) is 1. The lowest BCUT2D eigenvalue weighted by atomic mass is 9.87. The van der Waals surface area contributed by atoms with Gasteiger partial charge in [0.2, 0.25) is 5.78 Å². The zero-order chi connectivity index (χ0) is 19.8. The number of carbonyl (C=O) groups excluding carboxylic acids is 1. The van der Waals surface area contributed by atoms with Gasteiger partial charge in [-0.3, -0.25) is 9.79 Å². The standard InChI is InChI=1S/C25H24N3O/c1-27-17-20-12-13-28(16-19-10-6-3-7-11-19)22-14-21(25(29)24(27)23(20)22)26-15-18-8-4-2-5-9-18/h2-11,17H,12-16H2,1H3/q+1. The van der Waals surface area contributed by atoms with Gasteiger partial charge in [0.15, 0.2) is 12.3 Å². The number of nitrogens with zero attached hydrogens (tertiary/aromatic N) is 3. The molecule has 0 N–H and O–H groups in total. The number of ketones is 1. The predicted molar refractivity (Wildman–Crippen MR) is 115 cm³/mol. The minimum Gasteiger partial charge on any atom is -0.347 e. The second kappa shape index (κ2) is 7.28. The van der Waals surface area contributed by atoms with Gasteiger partial charge in [-0.1, -0.05) is 60.7 Å². The first-order chi connectivity index (χ1) is 14.2. The van der Waals surface area contributed by atoms with E-state index < -0.39 is 0 Å². The third-order valence-electron chi connectivity index (χ3n) is 5.91. The van der Waals surface area contributed by atoms with Crippen LogP contribution < -0.4 is 0 Å². The van der Waals surface area contributed by atoms with Crippen molar-refractivity contribution >= 4 is 17.2 Å². The molecule has 4 heteroatoms. The summed E-state index contributed by atoms with van der Waals surface area (Å²) in [6.07, 6.45) is 3.72. The van der Waals surface area contributed by atoms with E-state index in [2.05, 4.69) is 47.2 Å². The molecule has 0 bridgehead atoms. The highest BCUT2D eigenvalue weighted by Crippen LogP contribution is 2.29. The highest BCUT2D eigenvalue weighted by atomic mass is 16.1. The summed E-state index contributed by atoms with van der Waals surface area (Å²) in [6.45, 7) is 2.38. The number of benzene rings is 2. The molecule has 1 aliphatic heterocycles. The summed E-state index contributed by atoms with van der Waals surface area (Å²) in [7, 11) is 1.98. The number of carbonyl (C=O) groups is 1. The van der Waals surface area contributed by atoms with E-state index in [9.17, 15) is 4.79 Å². The molecular weight excluding hydrogens is 358 g/mol. The van der Waals surface area contributed by atoms with Gasteiger partial charge in [0.1, 0.15) is 12.2 Å². The van der Waals surface area contributed by atoms with Crippen molar-refractivity contribution < 1.29 is 9.37 Å². The molecule has 2 aromatic carbocycles. The lowest BCUT2D eigenvalue weighted by Crippen LogP contribution is -2.38. The third-order valence-corrected chi connectivity index (χ3v) is 5.91. The lowest BCUT2D eigenvalue weighted by Gasteiger charge is -2.21. The van der Waals surface area contributed by atoms with Crippen molar-refractivity contribution in [3.8, 4) is 0 Å². The van der Waals surface area contributed by atoms with Crippen molar-refractivity contribution in [3.05, 3.63) is 94.8 Å². The fraction of sp³-hybridized carbons (Fsp3) is 0.240. The molecule has 3 aromatic rings. The summed E-state index contributed by atoms with van der Waals surface area (Å²) in [6, 6.07) is 20.7. The number of aliphatic imine (C=N–C) groups is 1. The van der Waals surface area contributed by atoms with Crippen LogP contribution in [0.4, 0.5) is 0 Å². The van der Waals surface area contributed by atoms with Crippen molar-refractivity contribution in [2.24, 2.45) is 12.0 Å². The molecule has 29 heavy (non-hydrogen) atoms. The van der Waals surface area contributed by atoms with Crippen LogP contribution in [-0.2, 0) is 26.6 Å². The van der Waals surface area contributed by atoms with Gasteiger partial charge in [0.05, 0.1) is 24.2 Å². The number of hydrogen-bond acceptors (Lipinski definition) is 2. The molecule has 2 heterocycles. The molecule has 0 saturated carbocycles.